The molecule has 0 radical (unpaired) electrons. The molecule has 0 atom stereocenters. The zero-order valence-corrected chi connectivity index (χ0v) is 13.6. The van der Waals surface area contributed by atoms with Crippen LogP contribution in [0.5, 0.6) is 5.75 Å². The van der Waals surface area contributed by atoms with Gasteiger partial charge in [-0.3, -0.25) is 4.79 Å². The normalized spacial score (nSPS) is 11.0. The third-order valence-electron chi connectivity index (χ3n) is 3.16. The van der Waals surface area contributed by atoms with Gasteiger partial charge in [-0.25, -0.2) is 0 Å². The summed E-state index contributed by atoms with van der Waals surface area (Å²) in [5.41, 5.74) is 1.15. The molecule has 0 bridgehead atoms. The first-order valence-electron chi connectivity index (χ1n) is 6.76. The number of carbonyl (C=O) groups excluding carboxylic acids is 1. The standard InChI is InChI=1S/C18H14O2S2/c1-20-14-6-4-13(5-7-14)17-11-9-15(22-17)8-10-16(19)18-3-2-12-21-18/h2-12H,1H3/b10-8+. The van der Waals surface area contributed by atoms with E-state index in [0.717, 1.165) is 21.1 Å². The maximum Gasteiger partial charge on any atom is 0.195 e. The highest BCUT2D eigenvalue weighted by Gasteiger charge is 2.04. The third kappa shape index (κ3) is 3.35. The number of benzene rings is 1. The molecule has 0 amide bonds. The van der Waals surface area contributed by atoms with Gasteiger partial charge in [-0.15, -0.1) is 22.7 Å². The van der Waals surface area contributed by atoms with E-state index >= 15 is 0 Å². The number of methoxy groups -OCH3 is 1. The minimum absolute atomic E-state index is 0.0504. The zero-order chi connectivity index (χ0) is 15.4. The molecule has 0 N–H and O–H groups in total. The van der Waals surface area contributed by atoms with Gasteiger partial charge in [0.1, 0.15) is 5.75 Å². The third-order valence-corrected chi connectivity index (χ3v) is 5.15. The number of hydrogen-bond donors (Lipinski definition) is 0. The van der Waals surface area contributed by atoms with Crippen molar-refractivity contribution in [2.24, 2.45) is 0 Å². The van der Waals surface area contributed by atoms with Gasteiger partial charge in [0.25, 0.3) is 0 Å². The summed E-state index contributed by atoms with van der Waals surface area (Å²) in [6.45, 7) is 0. The van der Waals surface area contributed by atoms with Crippen LogP contribution in [-0.4, -0.2) is 12.9 Å². The van der Waals surface area contributed by atoms with E-state index in [1.54, 1.807) is 24.5 Å². The molecule has 0 aliphatic carbocycles. The number of carbonyl (C=O) groups is 1. The molecule has 2 aromatic heterocycles. The molecular formula is C18H14O2S2. The van der Waals surface area contributed by atoms with Crippen LogP contribution in [-0.2, 0) is 0 Å². The van der Waals surface area contributed by atoms with Crippen molar-refractivity contribution in [3.8, 4) is 16.2 Å². The molecule has 4 heteroatoms. The van der Waals surface area contributed by atoms with Crippen molar-refractivity contribution in [2.75, 3.05) is 7.11 Å². The van der Waals surface area contributed by atoms with Crippen LogP contribution in [0.4, 0.5) is 0 Å². The van der Waals surface area contributed by atoms with E-state index in [9.17, 15) is 4.79 Å². The second kappa shape index (κ2) is 6.73. The minimum atomic E-state index is 0.0504. The number of ether oxygens (including phenoxy) is 1. The second-order valence-electron chi connectivity index (χ2n) is 4.61. The first-order valence-corrected chi connectivity index (χ1v) is 8.46. The first kappa shape index (κ1) is 14.8. The van der Waals surface area contributed by atoms with Gasteiger partial charge in [-0.2, -0.15) is 0 Å². The number of allylic oxidation sites excluding steroid dienone is 1. The monoisotopic (exact) mass is 326 g/mol. The summed E-state index contributed by atoms with van der Waals surface area (Å²) in [4.78, 5) is 14.9. The van der Waals surface area contributed by atoms with Gasteiger partial charge < -0.3 is 4.74 Å². The molecule has 3 aromatic rings. The summed E-state index contributed by atoms with van der Waals surface area (Å²) in [7, 11) is 1.66. The Bertz CT molecular complexity index is 781. The van der Waals surface area contributed by atoms with E-state index in [1.165, 1.54) is 16.2 Å². The molecule has 2 heterocycles. The molecule has 0 saturated carbocycles. The molecule has 2 nitrogen and oxygen atoms in total. The Morgan fingerprint density at radius 1 is 1.09 bits per heavy atom. The smallest absolute Gasteiger partial charge is 0.195 e. The van der Waals surface area contributed by atoms with E-state index in [0.29, 0.717) is 0 Å². The fourth-order valence-electron chi connectivity index (χ4n) is 2.01. The summed E-state index contributed by atoms with van der Waals surface area (Å²) >= 11 is 3.12. The SMILES string of the molecule is COc1ccc(-c2ccc(/C=C/C(=O)c3cccs3)s2)cc1. The average Bonchev–Trinajstić information content (AvgIpc) is 3.24. The Hall–Kier alpha value is -2.17. The zero-order valence-electron chi connectivity index (χ0n) is 12.0. The van der Waals surface area contributed by atoms with Gasteiger partial charge >= 0.3 is 0 Å². The van der Waals surface area contributed by atoms with Gasteiger partial charge in [0.2, 0.25) is 0 Å². The lowest BCUT2D eigenvalue weighted by Gasteiger charge is -2.00. The van der Waals surface area contributed by atoms with Gasteiger partial charge in [0, 0.05) is 9.75 Å². The van der Waals surface area contributed by atoms with Crippen LogP contribution in [0.25, 0.3) is 16.5 Å². The highest BCUT2D eigenvalue weighted by molar-refractivity contribution is 7.16. The maximum absolute atomic E-state index is 11.9. The number of rotatable bonds is 5. The van der Waals surface area contributed by atoms with Crippen molar-refractivity contribution < 1.29 is 9.53 Å². The molecule has 0 spiro atoms. The predicted octanol–water partition coefficient (Wildman–Crippen LogP) is 5.38. The lowest BCUT2D eigenvalue weighted by atomic mass is 10.2. The first-order chi connectivity index (χ1) is 10.8. The Balaban J connectivity index is 1.74. The van der Waals surface area contributed by atoms with Crippen molar-refractivity contribution in [1.29, 1.82) is 0 Å². The van der Waals surface area contributed by atoms with Crippen molar-refractivity contribution in [3.63, 3.8) is 0 Å². The van der Waals surface area contributed by atoms with E-state index in [1.807, 2.05) is 53.9 Å². The fraction of sp³-hybridized carbons (Fsp3) is 0.0556. The molecule has 110 valence electrons. The van der Waals surface area contributed by atoms with Crippen LogP contribution >= 0.6 is 22.7 Å². The highest BCUT2D eigenvalue weighted by atomic mass is 32.1. The lowest BCUT2D eigenvalue weighted by Crippen LogP contribution is -1.87. The molecule has 0 saturated heterocycles. The Kier molecular flexibility index (Phi) is 4.51. The highest BCUT2D eigenvalue weighted by Crippen LogP contribution is 2.30. The summed E-state index contributed by atoms with van der Waals surface area (Å²) in [5.74, 6) is 0.899. The molecule has 3 rings (SSSR count). The van der Waals surface area contributed by atoms with E-state index < -0.39 is 0 Å². The number of hydrogen-bond acceptors (Lipinski definition) is 4. The van der Waals surface area contributed by atoms with Crippen molar-refractivity contribution in [1.82, 2.24) is 0 Å². The summed E-state index contributed by atoms with van der Waals surface area (Å²) in [6.07, 6.45) is 3.51. The van der Waals surface area contributed by atoms with Crippen molar-refractivity contribution in [2.45, 2.75) is 0 Å². The van der Waals surface area contributed by atoms with Gasteiger partial charge in [0.05, 0.1) is 12.0 Å². The van der Waals surface area contributed by atoms with Gasteiger partial charge in [0.15, 0.2) is 5.78 Å². The summed E-state index contributed by atoms with van der Waals surface area (Å²) in [5, 5.41) is 1.91. The Morgan fingerprint density at radius 2 is 1.91 bits per heavy atom. The Labute approximate surface area is 137 Å². The van der Waals surface area contributed by atoms with Crippen LogP contribution in [0.3, 0.4) is 0 Å². The van der Waals surface area contributed by atoms with Crippen molar-refractivity contribution in [3.05, 3.63) is 69.7 Å². The molecule has 0 aliphatic heterocycles. The molecule has 22 heavy (non-hydrogen) atoms. The van der Waals surface area contributed by atoms with Gasteiger partial charge in [-0.1, -0.05) is 6.07 Å². The Morgan fingerprint density at radius 3 is 2.59 bits per heavy atom. The van der Waals surface area contributed by atoms with Crippen LogP contribution < -0.4 is 4.74 Å². The van der Waals surface area contributed by atoms with E-state index in [2.05, 4.69) is 6.07 Å². The minimum Gasteiger partial charge on any atom is -0.497 e. The van der Waals surface area contributed by atoms with Crippen LogP contribution in [0.1, 0.15) is 14.5 Å². The number of ketones is 1. The van der Waals surface area contributed by atoms with Crippen LogP contribution in [0.15, 0.2) is 60.0 Å². The average molecular weight is 326 g/mol. The van der Waals surface area contributed by atoms with Crippen LogP contribution in [0.2, 0.25) is 0 Å². The van der Waals surface area contributed by atoms with Crippen LogP contribution in [0, 0.1) is 0 Å². The van der Waals surface area contributed by atoms with E-state index in [4.69, 9.17) is 4.74 Å². The second-order valence-corrected chi connectivity index (χ2v) is 6.67. The lowest BCUT2D eigenvalue weighted by molar-refractivity contribution is 0.105. The number of thiophene rings is 2. The van der Waals surface area contributed by atoms with Crippen molar-refractivity contribution >= 4 is 34.5 Å². The largest absolute Gasteiger partial charge is 0.497 e. The summed E-state index contributed by atoms with van der Waals surface area (Å²) < 4.78 is 5.17. The molecule has 1 aromatic carbocycles. The molecule has 0 aliphatic rings. The molecular weight excluding hydrogens is 312 g/mol. The predicted molar refractivity (Wildman–Crippen MR) is 94.0 cm³/mol. The summed E-state index contributed by atoms with van der Waals surface area (Å²) in [6, 6.07) is 15.8. The molecule has 0 unspecified atom stereocenters. The fourth-order valence-corrected chi connectivity index (χ4v) is 3.57. The maximum atomic E-state index is 11.9. The quantitative estimate of drug-likeness (QED) is 0.465. The topological polar surface area (TPSA) is 26.3 Å². The van der Waals surface area contributed by atoms with Gasteiger partial charge in [-0.05, 0) is 65.6 Å². The molecule has 0 fully saturated rings. The van der Waals surface area contributed by atoms with E-state index in [-0.39, 0.29) is 5.78 Å².